The van der Waals surface area contributed by atoms with Gasteiger partial charge in [0.25, 0.3) is 5.91 Å². The molecule has 1 fully saturated rings. The van der Waals surface area contributed by atoms with Gasteiger partial charge in [-0.1, -0.05) is 26.8 Å². The van der Waals surface area contributed by atoms with E-state index in [1.165, 1.54) is 16.2 Å². The Kier molecular flexibility index (Phi) is 6.99. The van der Waals surface area contributed by atoms with Crippen LogP contribution < -0.4 is 5.32 Å². The Balaban J connectivity index is 1.56. The molecule has 6 nitrogen and oxygen atoms in total. The molecule has 0 radical (unpaired) electrons. The second-order valence-corrected chi connectivity index (χ2v) is 11.9. The summed E-state index contributed by atoms with van der Waals surface area (Å²) in [5, 5.41) is 17.1. The highest BCUT2D eigenvalue weighted by Crippen LogP contribution is 2.57. The summed E-state index contributed by atoms with van der Waals surface area (Å²) < 4.78 is 0. The zero-order valence-electron chi connectivity index (χ0n) is 20.1. The van der Waals surface area contributed by atoms with Crippen LogP contribution in [0.25, 0.3) is 0 Å². The summed E-state index contributed by atoms with van der Waals surface area (Å²) in [4.78, 5) is 34.1. The summed E-state index contributed by atoms with van der Waals surface area (Å²) in [6, 6.07) is 3.67. The molecule has 6 atom stereocenters. The maximum absolute atomic E-state index is 13.0. The molecule has 1 saturated carbocycles. The first-order valence-electron chi connectivity index (χ1n) is 12.0. The summed E-state index contributed by atoms with van der Waals surface area (Å²) in [6.07, 6.45) is 2.14. The zero-order valence-corrected chi connectivity index (χ0v) is 21.8. The minimum Gasteiger partial charge on any atom is -0.392 e. The van der Waals surface area contributed by atoms with E-state index in [0.717, 1.165) is 25.0 Å². The van der Waals surface area contributed by atoms with Gasteiger partial charge in [-0.25, -0.2) is 4.98 Å². The smallest absolute Gasteiger partial charge is 0.267 e. The van der Waals surface area contributed by atoms with Crippen LogP contribution in [0.4, 0.5) is 5.13 Å². The van der Waals surface area contributed by atoms with Gasteiger partial charge in [-0.2, -0.15) is 0 Å². The third-order valence-electron chi connectivity index (χ3n) is 7.99. The minimum absolute atomic E-state index is 0.0398. The van der Waals surface area contributed by atoms with E-state index in [9.17, 15) is 14.7 Å². The van der Waals surface area contributed by atoms with E-state index in [4.69, 9.17) is 4.98 Å². The topological polar surface area (TPSA) is 82.5 Å². The maximum atomic E-state index is 13.0. The van der Waals surface area contributed by atoms with E-state index < -0.39 is 6.10 Å². The number of hydrogen-bond donors (Lipinski definition) is 2. The van der Waals surface area contributed by atoms with Gasteiger partial charge < -0.3 is 10.0 Å². The molecule has 2 heterocycles. The fraction of sp³-hybridized carbons (Fsp3) is 0.640. The highest BCUT2D eigenvalue weighted by Gasteiger charge is 2.54. The molecular formula is C25H35N3O3S2. The summed E-state index contributed by atoms with van der Waals surface area (Å²) in [5.74, 6) is -0.124. The first-order chi connectivity index (χ1) is 15.7. The van der Waals surface area contributed by atoms with Gasteiger partial charge >= 0.3 is 0 Å². The third kappa shape index (κ3) is 4.37. The van der Waals surface area contributed by atoms with Crippen LogP contribution in [0.2, 0.25) is 0 Å². The molecule has 0 spiro atoms. The van der Waals surface area contributed by atoms with Crippen molar-refractivity contribution in [3.63, 3.8) is 0 Å². The molecule has 2 N–H and O–H groups in total. The Labute approximate surface area is 204 Å². The van der Waals surface area contributed by atoms with E-state index in [-0.39, 0.29) is 40.9 Å². The molecule has 4 rings (SSSR count). The Morgan fingerprint density at radius 1 is 1.36 bits per heavy atom. The van der Waals surface area contributed by atoms with Crippen molar-refractivity contribution in [1.82, 2.24) is 9.88 Å². The number of rotatable bonds is 6. The first-order valence-corrected chi connectivity index (χ1v) is 13.7. The van der Waals surface area contributed by atoms with Crippen molar-refractivity contribution in [2.75, 3.05) is 18.4 Å². The summed E-state index contributed by atoms with van der Waals surface area (Å²) in [7, 11) is 0. The summed E-state index contributed by atoms with van der Waals surface area (Å²) in [5.41, 5.74) is 0.952. The largest absolute Gasteiger partial charge is 0.392 e. The molecule has 2 amide bonds. The standard InChI is InChI=1S/C25H35N3O3S2/c1-6-28(7-2)23(31)14(3)16-10-11-25(5)13-18-20(15(4)19(25)21(16)29)26-24(33-18)27-22(30)17-9-8-12-32-17/h8-9,12,14-16,19,21,29H,6-7,10-11,13H2,1-5H3,(H,26,27,30). The van der Waals surface area contributed by atoms with Crippen molar-refractivity contribution in [2.24, 2.45) is 23.2 Å². The monoisotopic (exact) mass is 489 g/mol. The van der Waals surface area contributed by atoms with Crippen molar-refractivity contribution in [2.45, 2.75) is 65.9 Å². The number of amides is 2. The van der Waals surface area contributed by atoms with E-state index in [0.29, 0.717) is 23.1 Å². The van der Waals surface area contributed by atoms with Crippen LogP contribution in [-0.2, 0) is 11.2 Å². The van der Waals surface area contributed by atoms with E-state index in [2.05, 4.69) is 19.2 Å². The molecule has 2 aliphatic rings. The number of nitrogens with one attached hydrogen (secondary N) is 1. The molecule has 0 aromatic carbocycles. The molecule has 180 valence electrons. The lowest BCUT2D eigenvalue weighted by Crippen LogP contribution is -2.53. The average Bonchev–Trinajstić information content (AvgIpc) is 3.44. The number of carbonyl (C=O) groups is 2. The Morgan fingerprint density at radius 2 is 2.09 bits per heavy atom. The first kappa shape index (κ1) is 24.4. The third-order valence-corrected chi connectivity index (χ3v) is 9.85. The van der Waals surface area contributed by atoms with Crippen molar-refractivity contribution in [3.05, 3.63) is 33.0 Å². The van der Waals surface area contributed by atoms with E-state index in [1.807, 2.05) is 43.2 Å². The van der Waals surface area contributed by atoms with Crippen LogP contribution in [0, 0.1) is 23.2 Å². The van der Waals surface area contributed by atoms with Gasteiger partial charge in [-0.15, -0.1) is 22.7 Å². The van der Waals surface area contributed by atoms with Crippen LogP contribution in [0.5, 0.6) is 0 Å². The SMILES string of the molecule is CCN(CC)C(=O)C(C)C1CCC2(C)Cc3sc(NC(=O)c4cccs4)nc3C(C)C2C1O. The number of hydrogen-bond acceptors (Lipinski definition) is 6. The molecule has 0 bridgehead atoms. The second kappa shape index (κ2) is 9.47. The van der Waals surface area contributed by atoms with Gasteiger partial charge in [0.15, 0.2) is 5.13 Å². The Hall–Kier alpha value is -1.77. The average molecular weight is 490 g/mol. The fourth-order valence-corrected chi connectivity index (χ4v) is 8.05. The van der Waals surface area contributed by atoms with Crippen molar-refractivity contribution in [1.29, 1.82) is 0 Å². The Bertz CT molecular complexity index is 1000. The predicted octanol–water partition coefficient (Wildman–Crippen LogP) is 5.01. The highest BCUT2D eigenvalue weighted by molar-refractivity contribution is 7.16. The number of thiophene rings is 1. The number of fused-ring (bicyclic) bond motifs is 2. The van der Waals surface area contributed by atoms with Crippen LogP contribution in [-0.4, -0.2) is 46.0 Å². The van der Waals surface area contributed by atoms with Crippen molar-refractivity contribution >= 4 is 39.6 Å². The summed E-state index contributed by atoms with van der Waals surface area (Å²) in [6.45, 7) is 11.8. The van der Waals surface area contributed by atoms with Gasteiger partial charge in [0, 0.05) is 29.8 Å². The lowest BCUT2D eigenvalue weighted by Gasteiger charge is -2.53. The number of anilines is 1. The number of aliphatic hydroxyl groups excluding tert-OH is 1. The van der Waals surface area contributed by atoms with Gasteiger partial charge in [0.05, 0.1) is 16.7 Å². The van der Waals surface area contributed by atoms with Gasteiger partial charge in [0.2, 0.25) is 5.91 Å². The Morgan fingerprint density at radius 3 is 2.73 bits per heavy atom. The minimum atomic E-state index is -0.549. The number of thiazole rings is 1. The number of aromatic nitrogens is 1. The molecule has 2 aliphatic carbocycles. The number of carbonyl (C=O) groups excluding carboxylic acids is 2. The van der Waals surface area contributed by atoms with Crippen LogP contribution in [0.15, 0.2) is 17.5 Å². The molecule has 33 heavy (non-hydrogen) atoms. The number of nitrogens with zero attached hydrogens (tertiary/aromatic N) is 2. The molecule has 8 heteroatoms. The molecule has 0 saturated heterocycles. The normalized spacial score (nSPS) is 29.6. The van der Waals surface area contributed by atoms with Crippen molar-refractivity contribution in [3.8, 4) is 0 Å². The lowest BCUT2D eigenvalue weighted by molar-refractivity contribution is -0.144. The van der Waals surface area contributed by atoms with Crippen LogP contribution >= 0.6 is 22.7 Å². The molecule has 6 unspecified atom stereocenters. The van der Waals surface area contributed by atoms with Crippen LogP contribution in [0.3, 0.4) is 0 Å². The van der Waals surface area contributed by atoms with Gasteiger partial charge in [0.1, 0.15) is 0 Å². The van der Waals surface area contributed by atoms with Gasteiger partial charge in [-0.3, -0.25) is 14.9 Å². The van der Waals surface area contributed by atoms with Crippen molar-refractivity contribution < 1.29 is 14.7 Å². The number of aliphatic hydroxyl groups is 1. The van der Waals surface area contributed by atoms with Gasteiger partial charge in [-0.05, 0) is 61.8 Å². The van der Waals surface area contributed by atoms with E-state index in [1.54, 1.807) is 11.3 Å². The highest BCUT2D eigenvalue weighted by atomic mass is 32.1. The maximum Gasteiger partial charge on any atom is 0.267 e. The van der Waals surface area contributed by atoms with E-state index >= 15 is 0 Å². The molecule has 2 aromatic heterocycles. The zero-order chi connectivity index (χ0) is 23.9. The summed E-state index contributed by atoms with van der Waals surface area (Å²) >= 11 is 2.97. The molecular weight excluding hydrogens is 454 g/mol. The predicted molar refractivity (Wildman–Crippen MR) is 134 cm³/mol. The lowest BCUT2D eigenvalue weighted by atomic mass is 9.53. The fourth-order valence-electron chi connectivity index (χ4n) is 6.17. The second-order valence-electron chi connectivity index (χ2n) is 9.90. The molecule has 0 aliphatic heterocycles. The van der Waals surface area contributed by atoms with Crippen LogP contribution in [0.1, 0.15) is 73.6 Å². The molecule has 2 aromatic rings. The quantitative estimate of drug-likeness (QED) is 0.597.